The Hall–Kier alpha value is -1.98. The Kier molecular flexibility index (Phi) is 2.92. The molecular formula is C13H9N3OS. The number of rotatable bonds is 2. The summed E-state index contributed by atoms with van der Waals surface area (Å²) in [6, 6.07) is 11.1. The summed E-state index contributed by atoms with van der Waals surface area (Å²) in [4.78, 5) is 13.0. The third-order valence-electron chi connectivity index (χ3n) is 2.50. The van der Waals surface area contributed by atoms with Crippen molar-refractivity contribution in [2.75, 3.05) is 0 Å². The third-order valence-corrected chi connectivity index (χ3v) is 3.77. The fourth-order valence-corrected chi connectivity index (χ4v) is 2.76. The van der Waals surface area contributed by atoms with Crippen LogP contribution in [0.25, 0.3) is 10.9 Å². The van der Waals surface area contributed by atoms with Gasteiger partial charge >= 0.3 is 5.16 Å². The minimum Gasteiger partial charge on any atom is -0.604 e. The lowest BCUT2D eigenvalue weighted by Crippen LogP contribution is -2.07. The number of hydrogen-bond donors (Lipinski definition) is 0. The zero-order valence-corrected chi connectivity index (χ0v) is 10.2. The van der Waals surface area contributed by atoms with Crippen LogP contribution in [0.4, 0.5) is 0 Å². The van der Waals surface area contributed by atoms with Crippen LogP contribution in [-0.4, -0.2) is 19.5 Å². The number of aromatic nitrogens is 3. The lowest BCUT2D eigenvalue weighted by atomic mass is 10.2. The molecule has 0 bridgehead atoms. The molecule has 0 N–H and O–H groups in total. The van der Waals surface area contributed by atoms with Crippen LogP contribution < -0.4 is 0 Å². The van der Waals surface area contributed by atoms with Gasteiger partial charge in [0.15, 0.2) is 4.90 Å². The first kappa shape index (κ1) is 11.1. The van der Waals surface area contributed by atoms with Gasteiger partial charge in [-0.1, -0.05) is 18.2 Å². The van der Waals surface area contributed by atoms with E-state index < -0.39 is 11.2 Å². The molecule has 2 aromatic heterocycles. The summed E-state index contributed by atoms with van der Waals surface area (Å²) in [5.41, 5.74) is 0.728. The number of nitrogens with zero attached hydrogens (tertiary/aromatic N) is 3. The van der Waals surface area contributed by atoms with E-state index in [-0.39, 0.29) is 0 Å². The predicted octanol–water partition coefficient (Wildman–Crippen LogP) is 2.19. The normalized spacial score (nSPS) is 12.5. The van der Waals surface area contributed by atoms with E-state index in [2.05, 4.69) is 15.0 Å². The van der Waals surface area contributed by atoms with Gasteiger partial charge in [-0.05, 0) is 18.2 Å². The molecule has 1 unspecified atom stereocenters. The average molecular weight is 255 g/mol. The molecular weight excluding hydrogens is 246 g/mol. The van der Waals surface area contributed by atoms with Crippen molar-refractivity contribution in [1.29, 1.82) is 0 Å². The number of hydrogen-bond acceptors (Lipinski definition) is 4. The predicted molar refractivity (Wildman–Crippen MR) is 68.4 cm³/mol. The first-order valence-electron chi connectivity index (χ1n) is 5.39. The quantitative estimate of drug-likeness (QED) is 0.520. The molecule has 3 aromatic rings. The molecule has 0 radical (unpaired) electrons. The van der Waals surface area contributed by atoms with Crippen molar-refractivity contribution in [3.05, 3.63) is 55.0 Å². The highest BCUT2D eigenvalue weighted by Gasteiger charge is 2.21. The second-order valence-corrected chi connectivity index (χ2v) is 4.97. The SMILES string of the molecule is [O-][S+](c1ncccn1)c1cccc2cccnc12. The summed E-state index contributed by atoms with van der Waals surface area (Å²) in [5.74, 6) is 0. The zero-order chi connectivity index (χ0) is 12.4. The Morgan fingerprint density at radius 2 is 1.56 bits per heavy atom. The van der Waals surface area contributed by atoms with E-state index in [1.165, 1.54) is 0 Å². The minimum absolute atomic E-state index is 0.302. The van der Waals surface area contributed by atoms with Gasteiger partial charge in [0, 0.05) is 24.0 Å². The highest BCUT2D eigenvalue weighted by Crippen LogP contribution is 2.24. The Labute approximate surface area is 107 Å². The van der Waals surface area contributed by atoms with Gasteiger partial charge in [-0.15, -0.1) is 0 Å². The van der Waals surface area contributed by atoms with Crippen molar-refractivity contribution in [2.45, 2.75) is 10.1 Å². The van der Waals surface area contributed by atoms with Gasteiger partial charge in [0.25, 0.3) is 0 Å². The maximum Gasteiger partial charge on any atom is 0.348 e. The lowest BCUT2D eigenvalue weighted by molar-refractivity contribution is 0.586. The second kappa shape index (κ2) is 4.72. The van der Waals surface area contributed by atoms with E-state index in [0.717, 1.165) is 10.9 Å². The van der Waals surface area contributed by atoms with Crippen LogP contribution in [0, 0.1) is 0 Å². The van der Waals surface area contributed by atoms with Gasteiger partial charge in [0.1, 0.15) is 5.52 Å². The van der Waals surface area contributed by atoms with Crippen LogP contribution in [0.1, 0.15) is 0 Å². The summed E-state index contributed by atoms with van der Waals surface area (Å²) >= 11 is -1.41. The largest absolute Gasteiger partial charge is 0.604 e. The molecule has 0 aliphatic rings. The summed E-state index contributed by atoms with van der Waals surface area (Å²) in [7, 11) is 0. The first-order chi connectivity index (χ1) is 8.86. The lowest BCUT2D eigenvalue weighted by Gasteiger charge is -2.08. The van der Waals surface area contributed by atoms with Gasteiger partial charge in [-0.2, -0.15) is 9.97 Å². The molecule has 18 heavy (non-hydrogen) atoms. The molecule has 0 aliphatic carbocycles. The van der Waals surface area contributed by atoms with Gasteiger partial charge in [-0.3, -0.25) is 4.98 Å². The van der Waals surface area contributed by atoms with Crippen LogP contribution in [0.3, 0.4) is 0 Å². The minimum atomic E-state index is -1.41. The monoisotopic (exact) mass is 255 g/mol. The van der Waals surface area contributed by atoms with Crippen molar-refractivity contribution in [2.24, 2.45) is 0 Å². The molecule has 1 atom stereocenters. The molecule has 1 aromatic carbocycles. The Morgan fingerprint density at radius 3 is 2.39 bits per heavy atom. The Bertz CT molecular complexity index is 670. The zero-order valence-electron chi connectivity index (χ0n) is 9.35. The van der Waals surface area contributed by atoms with Crippen molar-refractivity contribution in [1.82, 2.24) is 15.0 Å². The molecule has 0 saturated carbocycles. The van der Waals surface area contributed by atoms with Crippen LogP contribution in [-0.2, 0) is 11.2 Å². The van der Waals surface area contributed by atoms with Crippen LogP contribution in [0.5, 0.6) is 0 Å². The van der Waals surface area contributed by atoms with E-state index >= 15 is 0 Å². The highest BCUT2D eigenvalue weighted by molar-refractivity contribution is 7.91. The van der Waals surface area contributed by atoms with E-state index in [0.29, 0.717) is 10.1 Å². The Balaban J connectivity index is 2.15. The van der Waals surface area contributed by atoms with Crippen LogP contribution in [0.15, 0.2) is 65.0 Å². The second-order valence-electron chi connectivity index (χ2n) is 3.63. The van der Waals surface area contributed by atoms with E-state index in [4.69, 9.17) is 0 Å². The fourth-order valence-electron chi connectivity index (χ4n) is 1.71. The molecule has 0 fully saturated rings. The fraction of sp³-hybridized carbons (Fsp3) is 0. The molecule has 0 aliphatic heterocycles. The maximum atomic E-state index is 12.4. The third kappa shape index (κ3) is 1.94. The van der Waals surface area contributed by atoms with Gasteiger partial charge in [-0.25, -0.2) is 0 Å². The number of benzene rings is 1. The smallest absolute Gasteiger partial charge is 0.348 e. The van der Waals surface area contributed by atoms with Crippen molar-refractivity contribution < 1.29 is 4.55 Å². The molecule has 0 spiro atoms. The highest BCUT2D eigenvalue weighted by atomic mass is 32.2. The molecule has 4 nitrogen and oxygen atoms in total. The van der Waals surface area contributed by atoms with Crippen molar-refractivity contribution in [3.8, 4) is 0 Å². The summed E-state index contributed by atoms with van der Waals surface area (Å²) < 4.78 is 12.4. The average Bonchev–Trinajstić information content (AvgIpc) is 2.47. The van der Waals surface area contributed by atoms with Gasteiger partial charge in [0.2, 0.25) is 0 Å². The van der Waals surface area contributed by atoms with E-state index in [1.807, 2.05) is 24.3 Å². The maximum absolute atomic E-state index is 12.4. The van der Waals surface area contributed by atoms with Gasteiger partial charge < -0.3 is 4.55 Å². The van der Waals surface area contributed by atoms with Crippen LogP contribution in [0.2, 0.25) is 0 Å². The summed E-state index contributed by atoms with van der Waals surface area (Å²) in [5, 5.41) is 1.26. The van der Waals surface area contributed by atoms with Crippen LogP contribution >= 0.6 is 0 Å². The number of para-hydroxylation sites is 1. The van der Waals surface area contributed by atoms with Gasteiger partial charge in [0.05, 0.1) is 11.2 Å². The molecule has 2 heterocycles. The molecule has 0 saturated heterocycles. The molecule has 3 rings (SSSR count). The molecule has 0 amide bonds. The van der Waals surface area contributed by atoms with Crippen molar-refractivity contribution in [3.63, 3.8) is 0 Å². The number of fused-ring (bicyclic) bond motifs is 1. The van der Waals surface area contributed by atoms with E-state index in [9.17, 15) is 4.55 Å². The topological polar surface area (TPSA) is 61.7 Å². The number of pyridine rings is 1. The molecule has 5 heteroatoms. The summed E-state index contributed by atoms with van der Waals surface area (Å²) in [6.07, 6.45) is 4.85. The Morgan fingerprint density at radius 1 is 0.833 bits per heavy atom. The standard InChI is InChI=1S/C13H9N3OS/c17-18(13-15-8-3-9-16-13)11-6-1-4-10-5-2-7-14-12(10)11/h1-9H. The van der Waals surface area contributed by atoms with E-state index in [1.54, 1.807) is 30.7 Å². The molecule has 88 valence electrons. The summed E-state index contributed by atoms with van der Waals surface area (Å²) in [6.45, 7) is 0. The van der Waals surface area contributed by atoms with Crippen molar-refractivity contribution >= 4 is 22.1 Å². The first-order valence-corrected chi connectivity index (χ1v) is 6.54.